The smallest absolute Gasteiger partial charge is 0.188 e. The predicted molar refractivity (Wildman–Crippen MR) is 98.0 cm³/mol. The van der Waals surface area contributed by atoms with Crippen molar-refractivity contribution in [2.45, 2.75) is 0 Å². The first-order valence-corrected chi connectivity index (χ1v) is 8.34. The van der Waals surface area contributed by atoms with E-state index in [0.717, 1.165) is 16.0 Å². The van der Waals surface area contributed by atoms with Crippen LogP contribution in [0.2, 0.25) is 5.02 Å². The van der Waals surface area contributed by atoms with Gasteiger partial charge in [0, 0.05) is 21.8 Å². The topological polar surface area (TPSA) is 78.9 Å². The first kappa shape index (κ1) is 14.8. The molecule has 24 heavy (non-hydrogen) atoms. The molecule has 0 radical (unpaired) electrons. The minimum atomic E-state index is 0.549. The molecule has 0 bridgehead atoms. The monoisotopic (exact) mass is 354 g/mol. The molecule has 4 aromatic rings. The number of nitrogens with one attached hydrogen (secondary N) is 2. The van der Waals surface area contributed by atoms with Gasteiger partial charge in [-0.25, -0.2) is 15.0 Å². The van der Waals surface area contributed by atoms with Gasteiger partial charge in [0.1, 0.15) is 17.5 Å². The summed E-state index contributed by atoms with van der Waals surface area (Å²) in [6.45, 7) is 0. The molecular formula is C16H11ClN6S. The molecule has 2 N–H and O–H groups in total. The summed E-state index contributed by atoms with van der Waals surface area (Å²) in [5.41, 5.74) is 1.38. The number of H-pyrrole nitrogens is 1. The van der Waals surface area contributed by atoms with Crippen molar-refractivity contribution in [3.8, 4) is 0 Å². The Balaban J connectivity index is 1.74. The van der Waals surface area contributed by atoms with Crippen LogP contribution in [0.15, 0.2) is 53.1 Å². The first-order valence-electron chi connectivity index (χ1n) is 7.09. The second-order valence-corrected chi connectivity index (χ2v) is 6.32. The third-order valence-corrected chi connectivity index (χ3v) is 4.33. The summed E-state index contributed by atoms with van der Waals surface area (Å²) in [7, 11) is 0. The summed E-state index contributed by atoms with van der Waals surface area (Å²) in [6.07, 6.45) is 3.25. The van der Waals surface area contributed by atoms with Gasteiger partial charge in [-0.15, -0.1) is 11.3 Å². The van der Waals surface area contributed by atoms with Crippen LogP contribution in [0, 0.1) is 0 Å². The van der Waals surface area contributed by atoms with Crippen molar-refractivity contribution in [2.75, 3.05) is 5.32 Å². The average molecular weight is 355 g/mol. The van der Waals surface area contributed by atoms with Crippen LogP contribution in [0.3, 0.4) is 0 Å². The molecule has 0 spiro atoms. The van der Waals surface area contributed by atoms with E-state index < -0.39 is 0 Å². The van der Waals surface area contributed by atoms with Crippen molar-refractivity contribution in [1.82, 2.24) is 20.2 Å². The first-order chi connectivity index (χ1) is 11.8. The quantitative estimate of drug-likeness (QED) is 0.526. The summed E-state index contributed by atoms with van der Waals surface area (Å²) in [5.74, 6) is 1.22. The van der Waals surface area contributed by atoms with Crippen LogP contribution in [0.4, 0.5) is 17.3 Å². The number of anilines is 2. The molecule has 3 aromatic heterocycles. The van der Waals surface area contributed by atoms with Crippen LogP contribution < -0.4 is 5.32 Å². The zero-order chi connectivity index (χ0) is 16.4. The summed E-state index contributed by atoms with van der Waals surface area (Å²) >= 11 is 7.65. The zero-order valence-corrected chi connectivity index (χ0v) is 13.8. The molecule has 0 saturated carbocycles. The minimum absolute atomic E-state index is 0.549. The molecule has 0 aliphatic heterocycles. The van der Waals surface area contributed by atoms with Crippen LogP contribution in [0.1, 0.15) is 4.88 Å². The van der Waals surface area contributed by atoms with Gasteiger partial charge in [-0.1, -0.05) is 23.7 Å². The Bertz CT molecular complexity index is 1010. The molecule has 0 saturated heterocycles. The lowest BCUT2D eigenvalue weighted by Gasteiger charge is -2.06. The Hall–Kier alpha value is -2.77. The molecule has 3 heterocycles. The number of aromatic nitrogens is 4. The van der Waals surface area contributed by atoms with Crippen molar-refractivity contribution in [3.63, 3.8) is 0 Å². The number of aromatic amines is 1. The molecular weight excluding hydrogens is 344 g/mol. The summed E-state index contributed by atoms with van der Waals surface area (Å²) in [4.78, 5) is 14.0. The fourth-order valence-corrected chi connectivity index (χ4v) is 3.00. The van der Waals surface area contributed by atoms with Gasteiger partial charge in [-0.3, -0.25) is 5.10 Å². The maximum absolute atomic E-state index is 6.03. The third kappa shape index (κ3) is 2.99. The number of benzene rings is 1. The molecule has 0 aliphatic carbocycles. The second-order valence-electron chi connectivity index (χ2n) is 4.90. The van der Waals surface area contributed by atoms with Crippen LogP contribution in [0.5, 0.6) is 0 Å². The highest BCUT2D eigenvalue weighted by Crippen LogP contribution is 2.30. The van der Waals surface area contributed by atoms with E-state index in [-0.39, 0.29) is 0 Å². The Labute approximate surface area is 146 Å². The van der Waals surface area contributed by atoms with Crippen molar-refractivity contribution in [2.24, 2.45) is 4.99 Å². The highest BCUT2D eigenvalue weighted by atomic mass is 35.5. The molecule has 0 unspecified atom stereocenters. The Kier molecular flexibility index (Phi) is 3.94. The minimum Gasteiger partial charge on any atom is -0.339 e. The number of fused-ring (bicyclic) bond motifs is 1. The van der Waals surface area contributed by atoms with E-state index in [1.54, 1.807) is 17.6 Å². The normalized spacial score (nSPS) is 11.4. The third-order valence-electron chi connectivity index (χ3n) is 3.28. The van der Waals surface area contributed by atoms with Gasteiger partial charge in [0.15, 0.2) is 11.5 Å². The molecule has 118 valence electrons. The predicted octanol–water partition coefficient (Wildman–Crippen LogP) is 4.56. The lowest BCUT2D eigenvalue weighted by Crippen LogP contribution is -1.95. The van der Waals surface area contributed by atoms with E-state index in [1.165, 1.54) is 6.33 Å². The fraction of sp³-hybridized carbons (Fsp3) is 0. The lowest BCUT2D eigenvalue weighted by atomic mass is 10.3. The van der Waals surface area contributed by atoms with E-state index in [4.69, 9.17) is 11.6 Å². The van der Waals surface area contributed by atoms with Gasteiger partial charge in [-0.05, 0) is 29.6 Å². The van der Waals surface area contributed by atoms with Gasteiger partial charge < -0.3 is 5.32 Å². The summed E-state index contributed by atoms with van der Waals surface area (Å²) in [5, 5.41) is 13.7. The second kappa shape index (κ2) is 6.38. The van der Waals surface area contributed by atoms with Gasteiger partial charge in [-0.2, -0.15) is 5.10 Å². The van der Waals surface area contributed by atoms with E-state index in [1.807, 2.05) is 41.8 Å². The summed E-state index contributed by atoms with van der Waals surface area (Å²) in [6, 6.07) is 11.4. The molecule has 0 amide bonds. The standard InChI is InChI=1S/C16H11ClN6S/c17-10-3-1-4-11(7-10)21-14-13-15(18-8-12-5-2-6-24-12)22-23-16(13)20-9-19-14/h1-9H,(H2,19,20,21,22,23). The Morgan fingerprint density at radius 1 is 1.21 bits per heavy atom. The molecule has 8 heteroatoms. The van der Waals surface area contributed by atoms with Gasteiger partial charge in [0.05, 0.1) is 0 Å². The molecule has 1 aromatic carbocycles. The van der Waals surface area contributed by atoms with Crippen LogP contribution in [-0.4, -0.2) is 26.4 Å². The number of thiophene rings is 1. The molecule has 0 atom stereocenters. The van der Waals surface area contributed by atoms with Crippen molar-refractivity contribution >= 4 is 57.5 Å². The highest BCUT2D eigenvalue weighted by Gasteiger charge is 2.12. The van der Waals surface area contributed by atoms with Crippen molar-refractivity contribution < 1.29 is 0 Å². The van der Waals surface area contributed by atoms with Gasteiger partial charge in [0.25, 0.3) is 0 Å². The van der Waals surface area contributed by atoms with E-state index in [9.17, 15) is 0 Å². The van der Waals surface area contributed by atoms with Gasteiger partial charge >= 0.3 is 0 Å². The van der Waals surface area contributed by atoms with Crippen LogP contribution >= 0.6 is 22.9 Å². The van der Waals surface area contributed by atoms with E-state index in [0.29, 0.717) is 22.3 Å². The maximum atomic E-state index is 6.03. The van der Waals surface area contributed by atoms with Crippen LogP contribution in [0.25, 0.3) is 11.0 Å². The lowest BCUT2D eigenvalue weighted by molar-refractivity contribution is 1.08. The zero-order valence-electron chi connectivity index (χ0n) is 12.3. The fourth-order valence-electron chi connectivity index (χ4n) is 2.22. The maximum Gasteiger partial charge on any atom is 0.188 e. The number of halogens is 1. The van der Waals surface area contributed by atoms with E-state index in [2.05, 4.69) is 30.5 Å². The SMILES string of the molecule is Clc1cccc(Nc2ncnc3n[nH]c(N=Cc4cccs4)c23)c1. The largest absolute Gasteiger partial charge is 0.339 e. The van der Waals surface area contributed by atoms with Crippen molar-refractivity contribution in [3.05, 3.63) is 58.0 Å². The molecule has 0 aliphatic rings. The highest BCUT2D eigenvalue weighted by molar-refractivity contribution is 7.11. The van der Waals surface area contributed by atoms with E-state index >= 15 is 0 Å². The molecule has 4 rings (SSSR count). The summed E-state index contributed by atoms with van der Waals surface area (Å²) < 4.78 is 0. The van der Waals surface area contributed by atoms with Crippen molar-refractivity contribution in [1.29, 1.82) is 0 Å². The average Bonchev–Trinajstić information content (AvgIpc) is 3.23. The molecule has 0 fully saturated rings. The number of hydrogen-bond acceptors (Lipinski definition) is 6. The van der Waals surface area contributed by atoms with Crippen LogP contribution in [-0.2, 0) is 0 Å². The number of nitrogens with zero attached hydrogens (tertiary/aromatic N) is 4. The van der Waals surface area contributed by atoms with Gasteiger partial charge in [0.2, 0.25) is 0 Å². The number of aliphatic imine (C=N–C) groups is 1. The Morgan fingerprint density at radius 2 is 2.17 bits per heavy atom. The number of rotatable bonds is 4. The Morgan fingerprint density at radius 3 is 3.00 bits per heavy atom. The number of hydrogen-bond donors (Lipinski definition) is 2. The molecule has 6 nitrogen and oxygen atoms in total.